The zero-order valence-electron chi connectivity index (χ0n) is 19.7. The second kappa shape index (κ2) is 9.87. The number of carbonyl (C=O) groups is 2. The Bertz CT molecular complexity index is 1470. The fraction of sp³-hybridized carbons (Fsp3) is 0.391. The molecule has 0 unspecified atom stereocenters. The van der Waals surface area contributed by atoms with Crippen LogP contribution in [0.3, 0.4) is 0 Å². The Labute approximate surface area is 210 Å². The van der Waals surface area contributed by atoms with E-state index in [4.69, 9.17) is 4.74 Å². The summed E-state index contributed by atoms with van der Waals surface area (Å²) in [5, 5.41) is 0. The third kappa shape index (κ3) is 4.48. The molecule has 0 aliphatic carbocycles. The van der Waals surface area contributed by atoms with Crippen molar-refractivity contribution in [3.05, 3.63) is 56.9 Å². The van der Waals surface area contributed by atoms with Gasteiger partial charge < -0.3 is 9.64 Å². The largest absolute Gasteiger partial charge is 0.444 e. The fourth-order valence-electron chi connectivity index (χ4n) is 4.63. The summed E-state index contributed by atoms with van der Waals surface area (Å²) in [6, 6.07) is 1.87. The molecule has 200 valence electrons. The molecule has 5 rings (SSSR count). The van der Waals surface area contributed by atoms with Gasteiger partial charge in [-0.05, 0) is 6.42 Å². The molecule has 1 aromatic carbocycles. The number of benzene rings is 1. The van der Waals surface area contributed by atoms with E-state index in [2.05, 4.69) is 9.97 Å². The molecule has 0 radical (unpaired) electrons. The topological polar surface area (TPSA) is 120 Å². The predicted molar refractivity (Wildman–Crippen MR) is 124 cm³/mol. The van der Waals surface area contributed by atoms with Gasteiger partial charge >= 0.3 is 6.09 Å². The number of carbonyl (C=O) groups excluding carboxylic acids is 2. The Balaban J connectivity index is 1.36. The van der Waals surface area contributed by atoms with Crippen LogP contribution in [0.2, 0.25) is 0 Å². The highest BCUT2D eigenvalue weighted by Crippen LogP contribution is 2.32. The number of amides is 1. The number of fused-ring (bicyclic) bond motifs is 2. The van der Waals surface area contributed by atoms with Crippen LogP contribution >= 0.6 is 0 Å². The number of halogens is 4. The second-order valence-corrected chi connectivity index (χ2v) is 8.78. The Hall–Kier alpha value is -4.30. The van der Waals surface area contributed by atoms with E-state index < -0.39 is 59.3 Å². The summed E-state index contributed by atoms with van der Waals surface area (Å²) >= 11 is 0. The molecule has 0 spiro atoms. The third-order valence-corrected chi connectivity index (χ3v) is 6.49. The number of ketones is 1. The molecule has 3 aromatic rings. The van der Waals surface area contributed by atoms with E-state index >= 15 is 8.78 Å². The van der Waals surface area contributed by atoms with Crippen LogP contribution in [0.5, 0.6) is 0 Å². The van der Waals surface area contributed by atoms with Crippen molar-refractivity contribution < 1.29 is 31.9 Å². The van der Waals surface area contributed by atoms with Crippen molar-refractivity contribution in [3.8, 4) is 0 Å². The lowest BCUT2D eigenvalue weighted by molar-refractivity contribution is -0.129. The van der Waals surface area contributed by atoms with Crippen LogP contribution in [-0.4, -0.2) is 63.4 Å². The molecule has 2 aromatic heterocycles. The highest BCUT2D eigenvalue weighted by atomic mass is 19.3. The zero-order chi connectivity index (χ0) is 27.1. The first kappa shape index (κ1) is 25.4. The molecule has 1 saturated heterocycles. The van der Waals surface area contributed by atoms with Gasteiger partial charge in [-0.25, -0.2) is 41.7 Å². The normalized spacial score (nSPS) is 17.6. The Morgan fingerprint density at radius 1 is 0.947 bits per heavy atom. The smallest absolute Gasteiger partial charge is 0.414 e. The molecule has 1 atom stereocenters. The number of aromatic nitrogens is 4. The van der Waals surface area contributed by atoms with Crippen LogP contribution in [0.15, 0.2) is 34.1 Å². The Morgan fingerprint density at radius 2 is 1.50 bits per heavy atom. The molecule has 1 fully saturated rings. The van der Waals surface area contributed by atoms with Gasteiger partial charge in [0.1, 0.15) is 11.8 Å². The summed E-state index contributed by atoms with van der Waals surface area (Å²) in [4.78, 5) is 59.3. The van der Waals surface area contributed by atoms with E-state index in [1.165, 1.54) is 26.7 Å². The molecular formula is C23H20F4N6O5. The minimum absolute atomic E-state index is 0.00963. The first-order valence-electron chi connectivity index (χ1n) is 11.6. The second-order valence-electron chi connectivity index (χ2n) is 8.78. The summed E-state index contributed by atoms with van der Waals surface area (Å²) in [5.74, 6) is -3.28. The molecule has 15 heteroatoms. The molecule has 0 N–H and O–H groups in total. The maximum atomic E-state index is 15.2. The lowest BCUT2D eigenvalue weighted by Crippen LogP contribution is -2.39. The maximum Gasteiger partial charge on any atom is 0.414 e. The van der Waals surface area contributed by atoms with Crippen molar-refractivity contribution in [2.45, 2.75) is 38.5 Å². The Morgan fingerprint density at radius 3 is 2.03 bits per heavy atom. The maximum absolute atomic E-state index is 15.2. The average Bonchev–Trinajstić information content (AvgIpc) is 3.12. The highest BCUT2D eigenvalue weighted by molar-refractivity contribution is 5.90. The van der Waals surface area contributed by atoms with Crippen LogP contribution in [-0.2, 0) is 22.6 Å². The Kier molecular flexibility index (Phi) is 6.59. The van der Waals surface area contributed by atoms with E-state index in [1.54, 1.807) is 0 Å². The summed E-state index contributed by atoms with van der Waals surface area (Å²) in [7, 11) is 0. The van der Waals surface area contributed by atoms with Gasteiger partial charge in [0.2, 0.25) is 0 Å². The lowest BCUT2D eigenvalue weighted by atomic mass is 10.1. The molecule has 1 amide bonds. The first-order valence-corrected chi connectivity index (χ1v) is 11.6. The number of cyclic esters (lactones) is 1. The van der Waals surface area contributed by atoms with E-state index in [-0.39, 0.29) is 55.9 Å². The van der Waals surface area contributed by atoms with Crippen LogP contribution in [0.1, 0.15) is 12.8 Å². The van der Waals surface area contributed by atoms with Crippen LogP contribution in [0.25, 0.3) is 11.0 Å². The third-order valence-electron chi connectivity index (χ3n) is 6.49. The van der Waals surface area contributed by atoms with E-state index in [0.717, 1.165) is 17.0 Å². The van der Waals surface area contributed by atoms with E-state index in [9.17, 15) is 28.0 Å². The van der Waals surface area contributed by atoms with E-state index in [1.807, 2.05) is 0 Å². The van der Waals surface area contributed by atoms with Gasteiger partial charge in [0.15, 0.2) is 28.5 Å². The minimum Gasteiger partial charge on any atom is -0.444 e. The monoisotopic (exact) mass is 536 g/mol. The van der Waals surface area contributed by atoms with Crippen molar-refractivity contribution in [2.75, 3.05) is 29.4 Å². The number of anilines is 2. The highest BCUT2D eigenvalue weighted by Gasteiger charge is 2.34. The summed E-state index contributed by atoms with van der Waals surface area (Å²) in [6.07, 6.45) is -3.02. The molecule has 38 heavy (non-hydrogen) atoms. The van der Waals surface area contributed by atoms with Gasteiger partial charge in [0.05, 0.1) is 25.3 Å². The van der Waals surface area contributed by atoms with E-state index in [0.29, 0.717) is 0 Å². The minimum atomic E-state index is -3.13. The average molecular weight is 536 g/mol. The molecule has 4 heterocycles. The molecule has 2 aliphatic heterocycles. The van der Waals surface area contributed by atoms with Crippen molar-refractivity contribution in [1.82, 2.24) is 19.3 Å². The number of hydrogen-bond donors (Lipinski definition) is 0. The van der Waals surface area contributed by atoms with Gasteiger partial charge in [-0.2, -0.15) is 0 Å². The zero-order valence-corrected chi connectivity index (χ0v) is 19.7. The number of hydrogen-bond acceptors (Lipinski definition) is 8. The molecule has 0 saturated carbocycles. The predicted octanol–water partition coefficient (Wildman–Crippen LogP) is 1.69. The van der Waals surface area contributed by atoms with Gasteiger partial charge in [-0.3, -0.25) is 19.3 Å². The summed E-state index contributed by atoms with van der Waals surface area (Å²) in [6.45, 7) is -0.306. The van der Waals surface area contributed by atoms with Crippen LogP contribution in [0.4, 0.5) is 33.7 Å². The van der Waals surface area contributed by atoms with Crippen LogP contribution < -0.4 is 20.9 Å². The van der Waals surface area contributed by atoms with Crippen molar-refractivity contribution in [1.29, 1.82) is 0 Å². The number of Topliss-reactive ketones (excluding diaryl/α,β-unsaturated/α-hetero) is 1. The molecule has 2 aliphatic rings. The van der Waals surface area contributed by atoms with Gasteiger partial charge in [-0.15, -0.1) is 0 Å². The van der Waals surface area contributed by atoms with Crippen LogP contribution in [0, 0.1) is 11.6 Å². The number of alkyl halides is 2. The van der Waals surface area contributed by atoms with Gasteiger partial charge in [-0.1, -0.05) is 0 Å². The van der Waals surface area contributed by atoms with Crippen molar-refractivity contribution in [2.24, 2.45) is 0 Å². The molecule has 11 nitrogen and oxygen atoms in total. The summed E-state index contributed by atoms with van der Waals surface area (Å²) < 4.78 is 62.7. The number of nitrogens with zero attached hydrogens (tertiary/aromatic N) is 6. The SMILES string of the molecule is O=C(CC[C@H]1CN(c2cc(F)c(N3CCn4c(=O)c5nccnc5c(=O)n4CC3)c(F)c2)C(=O)O1)C(F)F. The van der Waals surface area contributed by atoms with Gasteiger partial charge in [0, 0.05) is 44.0 Å². The fourth-order valence-corrected chi connectivity index (χ4v) is 4.63. The summed E-state index contributed by atoms with van der Waals surface area (Å²) in [5.41, 5.74) is -1.86. The van der Waals surface area contributed by atoms with Crippen molar-refractivity contribution >= 4 is 34.3 Å². The van der Waals surface area contributed by atoms with Crippen molar-refractivity contribution in [3.63, 3.8) is 0 Å². The molecule has 0 bridgehead atoms. The first-order chi connectivity index (χ1) is 18.2. The number of rotatable bonds is 6. The standard InChI is InChI=1S/C23H20F4N6O5/c24-14-9-12(31-11-13(38-23(31)37)1-2-16(34)20(26)27)10-15(25)19(14)30-5-7-32-21(35)17-18(29-4-3-28-17)22(36)33(32)8-6-30/h3-4,9-10,13,20H,1-2,5-8,11H2/t13-/m0/s1. The number of ether oxygens (including phenoxy) is 1. The quantitative estimate of drug-likeness (QED) is 0.437. The molecular weight excluding hydrogens is 516 g/mol. The lowest BCUT2D eigenvalue weighted by Gasteiger charge is -2.24. The van der Waals surface area contributed by atoms with Gasteiger partial charge in [0.25, 0.3) is 17.5 Å².